The predicted molar refractivity (Wildman–Crippen MR) is 62.3 cm³/mol. The smallest absolute Gasteiger partial charge is 0.313 e. The molecule has 19 heavy (non-hydrogen) atoms. The summed E-state index contributed by atoms with van der Waals surface area (Å²) in [4.78, 5) is 26.4. The summed E-state index contributed by atoms with van der Waals surface area (Å²) in [6, 6.07) is 0. The minimum atomic E-state index is -3.50. The van der Waals surface area contributed by atoms with Gasteiger partial charge >= 0.3 is 5.97 Å². The maximum Gasteiger partial charge on any atom is 0.313 e. The summed E-state index contributed by atoms with van der Waals surface area (Å²) >= 11 is 0. The lowest BCUT2D eigenvalue weighted by Gasteiger charge is -1.97. The average Bonchev–Trinajstić information content (AvgIpc) is 2.74. The number of rotatable bonds is 3. The lowest BCUT2D eigenvalue weighted by Crippen LogP contribution is -2.11. The number of hydrogen-bond acceptors (Lipinski definition) is 7. The van der Waals surface area contributed by atoms with Gasteiger partial charge in [-0.25, -0.2) is 13.1 Å². The Balaban J connectivity index is 2.32. The lowest BCUT2D eigenvalue weighted by molar-refractivity contribution is -0.139. The van der Waals surface area contributed by atoms with E-state index in [1.807, 2.05) is 0 Å². The van der Waals surface area contributed by atoms with E-state index in [0.29, 0.717) is 19.4 Å². The van der Waals surface area contributed by atoms with Crippen LogP contribution in [0.25, 0.3) is 0 Å². The third kappa shape index (κ3) is 2.80. The highest BCUT2D eigenvalue weighted by atomic mass is 32.2. The van der Waals surface area contributed by atoms with E-state index in [0.717, 1.165) is 7.11 Å². The van der Waals surface area contributed by atoms with Crippen molar-refractivity contribution in [1.29, 1.82) is 0 Å². The van der Waals surface area contributed by atoms with Crippen LogP contribution in [0.4, 0.5) is 0 Å². The molecule has 0 amide bonds. The molecule has 1 aromatic heterocycles. The van der Waals surface area contributed by atoms with Gasteiger partial charge in [0.05, 0.1) is 12.9 Å². The van der Waals surface area contributed by atoms with Crippen LogP contribution in [0.5, 0.6) is 0 Å². The Hall–Kier alpha value is -1.77. The number of carbonyl (C=O) groups is 2. The van der Waals surface area contributed by atoms with Gasteiger partial charge in [0, 0.05) is 6.54 Å². The van der Waals surface area contributed by atoms with Gasteiger partial charge in [-0.05, 0) is 12.8 Å². The molecule has 1 aliphatic heterocycles. The highest BCUT2D eigenvalue weighted by Gasteiger charge is 2.28. The van der Waals surface area contributed by atoms with Crippen molar-refractivity contribution in [2.24, 2.45) is 0 Å². The topological polar surface area (TPSA) is 108 Å². The van der Waals surface area contributed by atoms with E-state index < -0.39 is 28.0 Å². The van der Waals surface area contributed by atoms with Gasteiger partial charge < -0.3 is 4.74 Å². The fourth-order valence-corrected chi connectivity index (χ4v) is 3.19. The zero-order valence-corrected chi connectivity index (χ0v) is 11.1. The molecule has 9 heteroatoms. The molecule has 0 aliphatic carbocycles. The predicted octanol–water partition coefficient (Wildman–Crippen LogP) is -0.409. The second kappa shape index (κ2) is 5.08. The van der Waals surface area contributed by atoms with Crippen LogP contribution in [0.3, 0.4) is 0 Å². The zero-order chi connectivity index (χ0) is 14.0. The third-order valence-corrected chi connectivity index (χ3v) is 4.42. The van der Waals surface area contributed by atoms with Gasteiger partial charge in [0.1, 0.15) is 6.42 Å². The van der Waals surface area contributed by atoms with Gasteiger partial charge in [-0.3, -0.25) is 9.59 Å². The third-order valence-electron chi connectivity index (χ3n) is 2.73. The van der Waals surface area contributed by atoms with Crippen molar-refractivity contribution in [2.75, 3.05) is 12.9 Å². The quantitative estimate of drug-likeness (QED) is 0.422. The van der Waals surface area contributed by atoms with Crippen LogP contribution in [0.1, 0.15) is 29.9 Å². The van der Waals surface area contributed by atoms with Crippen molar-refractivity contribution in [1.82, 2.24) is 14.8 Å². The van der Waals surface area contributed by atoms with Crippen molar-refractivity contribution in [3.05, 3.63) is 5.82 Å². The first kappa shape index (κ1) is 13.7. The van der Waals surface area contributed by atoms with Crippen LogP contribution < -0.4 is 0 Å². The maximum atomic E-state index is 11.9. The molecule has 104 valence electrons. The van der Waals surface area contributed by atoms with Crippen LogP contribution in [0, 0.1) is 0 Å². The van der Waals surface area contributed by atoms with E-state index in [1.54, 1.807) is 0 Å². The van der Waals surface area contributed by atoms with Gasteiger partial charge in [0.2, 0.25) is 26.6 Å². The van der Waals surface area contributed by atoms with Crippen molar-refractivity contribution in [3.63, 3.8) is 0 Å². The summed E-state index contributed by atoms with van der Waals surface area (Å²) in [5.74, 6) is -1.62. The molecular weight excluding hydrogens is 274 g/mol. The van der Waals surface area contributed by atoms with Crippen LogP contribution in [-0.4, -0.2) is 47.8 Å². The molecule has 0 N–H and O–H groups in total. The SMILES string of the molecule is COC(=O)CC(=O)c1nc2n(n1)CCCCS2(=O)=O. The number of nitrogens with zero attached hydrogens (tertiary/aromatic N) is 3. The van der Waals surface area contributed by atoms with Crippen molar-refractivity contribution in [3.8, 4) is 0 Å². The summed E-state index contributed by atoms with van der Waals surface area (Å²) in [6.45, 7) is 0.396. The fraction of sp³-hybridized carbons (Fsp3) is 0.600. The number of ether oxygens (including phenoxy) is 1. The van der Waals surface area contributed by atoms with Crippen LogP contribution in [0.2, 0.25) is 0 Å². The summed E-state index contributed by atoms with van der Waals surface area (Å²) < 4.78 is 29.3. The van der Waals surface area contributed by atoms with Gasteiger partial charge in [-0.1, -0.05) is 0 Å². The number of esters is 1. The van der Waals surface area contributed by atoms with E-state index in [1.165, 1.54) is 4.68 Å². The number of Topliss-reactive ketones (excluding diaryl/α,β-unsaturated/α-hetero) is 1. The number of aryl methyl sites for hydroxylation is 1. The number of ketones is 1. The number of sulfone groups is 1. The molecule has 0 saturated heterocycles. The molecule has 0 bridgehead atoms. The van der Waals surface area contributed by atoms with E-state index >= 15 is 0 Å². The molecule has 0 spiro atoms. The van der Waals surface area contributed by atoms with Gasteiger partial charge in [0.25, 0.3) is 0 Å². The summed E-state index contributed by atoms with van der Waals surface area (Å²) in [7, 11) is -2.34. The Kier molecular flexibility index (Phi) is 3.65. The molecular formula is C10H13N3O5S. The van der Waals surface area contributed by atoms with E-state index in [9.17, 15) is 18.0 Å². The van der Waals surface area contributed by atoms with Gasteiger partial charge in [-0.15, -0.1) is 5.10 Å². The fourth-order valence-electron chi connectivity index (χ4n) is 1.75. The summed E-state index contributed by atoms with van der Waals surface area (Å²) in [5, 5.41) is 3.67. The first-order valence-corrected chi connectivity index (χ1v) is 7.37. The largest absolute Gasteiger partial charge is 0.469 e. The van der Waals surface area contributed by atoms with Crippen molar-refractivity contribution in [2.45, 2.75) is 31.0 Å². The van der Waals surface area contributed by atoms with E-state index in [4.69, 9.17) is 0 Å². The normalized spacial score (nSPS) is 17.3. The molecule has 0 atom stereocenters. The number of methoxy groups -OCH3 is 1. The number of fused-ring (bicyclic) bond motifs is 1. The molecule has 0 radical (unpaired) electrons. The Bertz CT molecular complexity index is 619. The zero-order valence-electron chi connectivity index (χ0n) is 10.3. The first-order valence-electron chi connectivity index (χ1n) is 5.71. The Morgan fingerprint density at radius 3 is 2.79 bits per heavy atom. The van der Waals surface area contributed by atoms with Gasteiger partial charge in [0.15, 0.2) is 0 Å². The molecule has 1 aromatic rings. The van der Waals surface area contributed by atoms with Gasteiger partial charge in [-0.2, -0.15) is 4.98 Å². The van der Waals surface area contributed by atoms with Crippen LogP contribution >= 0.6 is 0 Å². The minimum absolute atomic E-state index is 0.00365. The number of aromatic nitrogens is 3. The highest BCUT2D eigenvalue weighted by Crippen LogP contribution is 2.16. The maximum absolute atomic E-state index is 11.9. The van der Waals surface area contributed by atoms with Crippen LogP contribution in [0.15, 0.2) is 5.16 Å². The lowest BCUT2D eigenvalue weighted by atomic mass is 10.3. The minimum Gasteiger partial charge on any atom is -0.469 e. The first-order chi connectivity index (χ1) is 8.94. The molecule has 0 aromatic carbocycles. The van der Waals surface area contributed by atoms with E-state index in [-0.39, 0.29) is 16.7 Å². The van der Waals surface area contributed by atoms with E-state index in [2.05, 4.69) is 14.8 Å². The molecule has 8 nitrogen and oxygen atoms in total. The van der Waals surface area contributed by atoms with Crippen LogP contribution in [-0.2, 0) is 25.9 Å². The Morgan fingerprint density at radius 2 is 2.11 bits per heavy atom. The number of carbonyl (C=O) groups excluding carboxylic acids is 2. The Morgan fingerprint density at radius 1 is 1.37 bits per heavy atom. The molecule has 2 rings (SSSR count). The van der Waals surface area contributed by atoms with Crippen molar-refractivity contribution < 1.29 is 22.7 Å². The highest BCUT2D eigenvalue weighted by molar-refractivity contribution is 7.91. The molecule has 2 heterocycles. The standard InChI is InChI=1S/C10H13N3O5S/c1-18-8(15)6-7(14)9-11-10-13(12-9)4-2-3-5-19(10,16)17/h2-6H2,1H3. The summed E-state index contributed by atoms with van der Waals surface area (Å²) in [5.41, 5.74) is 0. The van der Waals surface area contributed by atoms with Crippen molar-refractivity contribution >= 4 is 21.6 Å². The second-order valence-electron chi connectivity index (χ2n) is 4.14. The second-order valence-corrected chi connectivity index (χ2v) is 6.15. The molecule has 1 aliphatic rings. The molecule has 0 unspecified atom stereocenters. The Labute approximate surface area is 109 Å². The molecule has 0 fully saturated rings. The molecule has 0 saturated carbocycles. The summed E-state index contributed by atoms with van der Waals surface area (Å²) in [6.07, 6.45) is 0.693. The number of hydrogen-bond donors (Lipinski definition) is 0. The average molecular weight is 287 g/mol. The monoisotopic (exact) mass is 287 g/mol.